The normalized spacial score (nSPS) is 11.0. The van der Waals surface area contributed by atoms with Gasteiger partial charge in [-0.3, -0.25) is 4.99 Å². The molecule has 2 aromatic carbocycles. The highest BCUT2D eigenvalue weighted by Gasteiger charge is 2.08. The lowest BCUT2D eigenvalue weighted by Crippen LogP contribution is -2.12. The van der Waals surface area contributed by atoms with Gasteiger partial charge in [-0.1, -0.05) is 87.4 Å². The summed E-state index contributed by atoms with van der Waals surface area (Å²) in [6, 6.07) is 19.9. The molecule has 0 bridgehead atoms. The highest BCUT2D eigenvalue weighted by Crippen LogP contribution is 2.19. The van der Waals surface area contributed by atoms with Gasteiger partial charge in [0.15, 0.2) is 0 Å². The molecular weight excluding hydrogens is 360 g/mol. The number of rotatable bonds is 11. The van der Waals surface area contributed by atoms with Gasteiger partial charge in [-0.15, -0.1) is 0 Å². The molecule has 0 fully saturated rings. The first-order valence-corrected chi connectivity index (χ1v) is 10.3. The third kappa shape index (κ3) is 9.24. The van der Waals surface area contributed by atoms with Crippen molar-refractivity contribution in [2.75, 3.05) is 7.05 Å². The van der Waals surface area contributed by atoms with E-state index in [1.807, 2.05) is 67.7 Å². The van der Waals surface area contributed by atoms with Crippen molar-refractivity contribution in [3.05, 3.63) is 77.7 Å². The predicted octanol–water partition coefficient (Wildman–Crippen LogP) is 5.85. The van der Waals surface area contributed by atoms with Crippen LogP contribution in [0.15, 0.2) is 71.5 Å². The van der Waals surface area contributed by atoms with Crippen molar-refractivity contribution < 1.29 is 9.53 Å². The Hall–Kier alpha value is -2.88. The Morgan fingerprint density at radius 3 is 2.03 bits per heavy atom. The Kier molecular flexibility index (Phi) is 12.6. The number of carbonyl (C=O) groups excluding carboxylic acids is 1. The van der Waals surface area contributed by atoms with Crippen molar-refractivity contribution in [1.29, 1.82) is 0 Å². The molecule has 0 aliphatic carbocycles. The molecule has 2 rings (SSSR count). The fraction of sp³-hybridized carbons (Fsp3) is 0.360. The summed E-state index contributed by atoms with van der Waals surface area (Å²) >= 11 is 0. The second-order valence-electron chi connectivity index (χ2n) is 6.70. The van der Waals surface area contributed by atoms with Gasteiger partial charge in [-0.25, -0.2) is 0 Å². The van der Waals surface area contributed by atoms with Crippen LogP contribution in [0.4, 0.5) is 0 Å². The Bertz CT molecular complexity index is 721. The minimum absolute atomic E-state index is 0.333. The summed E-state index contributed by atoms with van der Waals surface area (Å²) < 4.78 is 5.82. The summed E-state index contributed by atoms with van der Waals surface area (Å²) in [6.07, 6.45) is 5.48. The van der Waals surface area contributed by atoms with Crippen LogP contribution in [0.1, 0.15) is 50.7 Å². The number of carbonyl (C=O) groups is 1. The predicted molar refractivity (Wildman–Crippen MR) is 123 cm³/mol. The van der Waals surface area contributed by atoms with Gasteiger partial charge >= 0.3 is 0 Å². The minimum atomic E-state index is 0.333. The Morgan fingerprint density at radius 1 is 1.03 bits per heavy atom. The zero-order valence-corrected chi connectivity index (χ0v) is 17.9. The SMILES string of the molecule is C=N/C(=C(/NC)OCc1ccccc1)c1ccccc1.CCCC(C=O)CCC. The van der Waals surface area contributed by atoms with Gasteiger partial charge in [0.1, 0.15) is 18.6 Å². The molecule has 4 heteroatoms. The molecule has 156 valence electrons. The van der Waals surface area contributed by atoms with E-state index >= 15 is 0 Å². The summed E-state index contributed by atoms with van der Waals surface area (Å²) in [7, 11) is 1.81. The first-order chi connectivity index (χ1) is 14.2. The fourth-order valence-electron chi connectivity index (χ4n) is 2.90. The maximum atomic E-state index is 10.3. The van der Waals surface area contributed by atoms with Crippen LogP contribution in [0.2, 0.25) is 0 Å². The van der Waals surface area contributed by atoms with Gasteiger partial charge < -0.3 is 14.8 Å². The number of ether oxygens (including phenoxy) is 1. The second-order valence-corrected chi connectivity index (χ2v) is 6.70. The number of aliphatic imine (C=N–C) groups is 1. The molecular formula is C25H34N2O2. The molecule has 0 saturated heterocycles. The lowest BCUT2D eigenvalue weighted by molar-refractivity contribution is -0.111. The number of hydrogen-bond donors (Lipinski definition) is 1. The number of hydrogen-bond acceptors (Lipinski definition) is 4. The average molecular weight is 395 g/mol. The molecule has 0 radical (unpaired) electrons. The van der Waals surface area contributed by atoms with E-state index in [4.69, 9.17) is 4.74 Å². The number of aldehydes is 1. The van der Waals surface area contributed by atoms with Crippen LogP contribution in [0.5, 0.6) is 0 Å². The van der Waals surface area contributed by atoms with Crippen LogP contribution in [0, 0.1) is 5.92 Å². The van der Waals surface area contributed by atoms with Crippen LogP contribution in [0.25, 0.3) is 5.70 Å². The van der Waals surface area contributed by atoms with Crippen molar-refractivity contribution in [3.8, 4) is 0 Å². The fourth-order valence-corrected chi connectivity index (χ4v) is 2.90. The first kappa shape index (κ1) is 24.2. The van der Waals surface area contributed by atoms with E-state index in [0.717, 1.165) is 43.1 Å². The molecule has 0 aromatic heterocycles. The Labute approximate surface area is 175 Å². The molecule has 0 aliphatic rings. The maximum Gasteiger partial charge on any atom is 0.214 e. The van der Waals surface area contributed by atoms with Gasteiger partial charge in [-0.2, -0.15) is 0 Å². The first-order valence-electron chi connectivity index (χ1n) is 10.3. The molecule has 0 unspecified atom stereocenters. The van der Waals surface area contributed by atoms with Gasteiger partial charge in [0.05, 0.1) is 0 Å². The Morgan fingerprint density at radius 2 is 1.59 bits per heavy atom. The summed E-state index contributed by atoms with van der Waals surface area (Å²) in [6.45, 7) is 8.36. The van der Waals surface area contributed by atoms with Crippen molar-refractivity contribution in [2.24, 2.45) is 10.9 Å². The molecule has 0 amide bonds. The van der Waals surface area contributed by atoms with Crippen molar-refractivity contribution in [1.82, 2.24) is 5.32 Å². The monoisotopic (exact) mass is 394 g/mol. The standard InChI is InChI=1S/C17H18N2O.C8H16O/c1-18-16(15-11-7-4-8-12-15)17(19-2)20-13-14-9-5-3-6-10-14;1-3-5-8(7-9)6-4-2/h3-12,19H,1,13H2,2H3;7-8H,3-6H2,1-2H3/b17-16-;. The highest BCUT2D eigenvalue weighted by atomic mass is 16.5. The van der Waals surface area contributed by atoms with Gasteiger partial charge in [0, 0.05) is 18.5 Å². The summed E-state index contributed by atoms with van der Waals surface area (Å²) in [5.41, 5.74) is 2.79. The van der Waals surface area contributed by atoms with Crippen LogP contribution in [-0.2, 0) is 16.1 Å². The third-order valence-electron chi connectivity index (χ3n) is 4.38. The van der Waals surface area contributed by atoms with E-state index in [2.05, 4.69) is 30.9 Å². The van der Waals surface area contributed by atoms with E-state index in [1.54, 1.807) is 0 Å². The number of nitrogens with one attached hydrogen (secondary N) is 1. The van der Waals surface area contributed by atoms with Gasteiger partial charge in [0.25, 0.3) is 0 Å². The van der Waals surface area contributed by atoms with Crippen molar-refractivity contribution in [2.45, 2.75) is 46.1 Å². The van der Waals surface area contributed by atoms with E-state index in [0.29, 0.717) is 24.1 Å². The number of nitrogens with zero attached hydrogens (tertiary/aromatic N) is 1. The van der Waals surface area contributed by atoms with E-state index in [-0.39, 0.29) is 0 Å². The van der Waals surface area contributed by atoms with Crippen molar-refractivity contribution >= 4 is 18.7 Å². The molecule has 0 heterocycles. The molecule has 0 spiro atoms. The molecule has 29 heavy (non-hydrogen) atoms. The highest BCUT2D eigenvalue weighted by molar-refractivity contribution is 5.69. The van der Waals surface area contributed by atoms with Crippen LogP contribution < -0.4 is 5.32 Å². The summed E-state index contributed by atoms with van der Waals surface area (Å²) in [4.78, 5) is 14.4. The maximum absolute atomic E-state index is 10.3. The molecule has 0 saturated carbocycles. The van der Waals surface area contributed by atoms with E-state index in [1.165, 1.54) is 0 Å². The lowest BCUT2D eigenvalue weighted by atomic mass is 10.0. The second kappa shape index (κ2) is 15.1. The molecule has 0 atom stereocenters. The van der Waals surface area contributed by atoms with Crippen LogP contribution in [-0.4, -0.2) is 20.1 Å². The minimum Gasteiger partial charge on any atom is -0.473 e. The largest absolute Gasteiger partial charge is 0.473 e. The topological polar surface area (TPSA) is 50.7 Å². The Balaban J connectivity index is 0.000000396. The van der Waals surface area contributed by atoms with Crippen LogP contribution >= 0.6 is 0 Å². The zero-order valence-electron chi connectivity index (χ0n) is 17.9. The summed E-state index contributed by atoms with van der Waals surface area (Å²) in [5, 5.41) is 3.05. The molecule has 4 nitrogen and oxygen atoms in total. The van der Waals surface area contributed by atoms with Crippen LogP contribution in [0.3, 0.4) is 0 Å². The summed E-state index contributed by atoms with van der Waals surface area (Å²) in [5.74, 6) is 0.954. The van der Waals surface area contributed by atoms with Crippen molar-refractivity contribution in [3.63, 3.8) is 0 Å². The molecule has 0 aliphatic heterocycles. The number of benzene rings is 2. The smallest absolute Gasteiger partial charge is 0.214 e. The lowest BCUT2D eigenvalue weighted by Gasteiger charge is -2.13. The van der Waals surface area contributed by atoms with Gasteiger partial charge in [-0.05, 0) is 25.1 Å². The quantitative estimate of drug-likeness (QED) is 0.295. The average Bonchev–Trinajstić information content (AvgIpc) is 2.78. The molecule has 1 N–H and O–H groups in total. The van der Waals surface area contributed by atoms with Gasteiger partial charge in [0.2, 0.25) is 5.88 Å². The molecule has 2 aromatic rings. The van der Waals surface area contributed by atoms with E-state index < -0.39 is 0 Å². The third-order valence-corrected chi connectivity index (χ3v) is 4.38. The van der Waals surface area contributed by atoms with E-state index in [9.17, 15) is 4.79 Å². The zero-order chi connectivity index (χ0) is 21.3.